The number of carbonyl (C=O) groups is 1. The normalized spacial score (nSPS) is 24.3. The molecule has 0 fully saturated rings. The van der Waals surface area contributed by atoms with Crippen molar-refractivity contribution in [3.05, 3.63) is 36.3 Å². The Bertz CT molecular complexity index is 351. The molecule has 0 spiro atoms. The molecule has 2 atom stereocenters. The summed E-state index contributed by atoms with van der Waals surface area (Å²) in [7, 11) is 0. The van der Waals surface area contributed by atoms with E-state index in [2.05, 4.69) is 13.0 Å². The zero-order valence-electron chi connectivity index (χ0n) is 8.68. The van der Waals surface area contributed by atoms with Crippen molar-refractivity contribution >= 4 is 5.97 Å². The highest BCUT2D eigenvalue weighted by molar-refractivity contribution is 5.75. The van der Waals surface area contributed by atoms with E-state index in [1.165, 1.54) is 0 Å². The van der Waals surface area contributed by atoms with Crippen LogP contribution in [0.4, 0.5) is 0 Å². The first kappa shape index (κ1) is 10.0. The summed E-state index contributed by atoms with van der Waals surface area (Å²) in [6.07, 6.45) is 6.41. The molecular weight excluding hydrogens is 192 g/mol. The molecule has 1 aliphatic rings. The van der Waals surface area contributed by atoms with Gasteiger partial charge in [-0.25, -0.2) is 0 Å². The summed E-state index contributed by atoms with van der Waals surface area (Å²) in [5, 5.41) is 0. The van der Waals surface area contributed by atoms with Crippen LogP contribution < -0.4 is 0 Å². The summed E-state index contributed by atoms with van der Waals surface area (Å²) in [6, 6.07) is 3.57. The van der Waals surface area contributed by atoms with Gasteiger partial charge in [0, 0.05) is 0 Å². The number of esters is 1. The number of hydrogen-bond acceptors (Lipinski definition) is 3. The third-order valence-electron chi connectivity index (χ3n) is 2.54. The van der Waals surface area contributed by atoms with Crippen molar-refractivity contribution in [3.8, 4) is 0 Å². The highest BCUT2D eigenvalue weighted by atomic mass is 16.5. The summed E-state index contributed by atoms with van der Waals surface area (Å²) >= 11 is 0. The molecule has 0 aliphatic heterocycles. The average Bonchev–Trinajstić information content (AvgIpc) is 2.84. The number of furan rings is 1. The molecule has 80 valence electrons. The molecular formula is C12H14O3. The van der Waals surface area contributed by atoms with Gasteiger partial charge in [-0.2, -0.15) is 0 Å². The summed E-state index contributed by atoms with van der Waals surface area (Å²) in [6.45, 7) is 2.32. The highest BCUT2D eigenvalue weighted by Crippen LogP contribution is 2.24. The zero-order chi connectivity index (χ0) is 10.7. The van der Waals surface area contributed by atoms with E-state index in [-0.39, 0.29) is 18.5 Å². The summed E-state index contributed by atoms with van der Waals surface area (Å²) in [5.74, 6) is 0.923. The van der Waals surface area contributed by atoms with E-state index < -0.39 is 0 Å². The van der Waals surface area contributed by atoms with E-state index in [9.17, 15) is 4.79 Å². The Morgan fingerprint density at radius 3 is 3.07 bits per heavy atom. The van der Waals surface area contributed by atoms with Crippen LogP contribution in [0.1, 0.15) is 19.1 Å². The summed E-state index contributed by atoms with van der Waals surface area (Å²) in [4.78, 5) is 11.6. The van der Waals surface area contributed by atoms with Gasteiger partial charge in [0.25, 0.3) is 0 Å². The van der Waals surface area contributed by atoms with Crippen LogP contribution >= 0.6 is 0 Å². The van der Waals surface area contributed by atoms with E-state index in [1.54, 1.807) is 18.4 Å². The predicted octanol–water partition coefficient (Wildman–Crippen LogP) is 2.54. The first-order valence-corrected chi connectivity index (χ1v) is 5.13. The molecule has 0 aromatic carbocycles. The maximum Gasteiger partial charge on any atom is 0.313 e. The summed E-state index contributed by atoms with van der Waals surface area (Å²) in [5.41, 5.74) is 0. The van der Waals surface area contributed by atoms with E-state index in [4.69, 9.17) is 9.15 Å². The van der Waals surface area contributed by atoms with Crippen molar-refractivity contribution in [2.75, 3.05) is 0 Å². The van der Waals surface area contributed by atoms with Crippen LogP contribution in [0, 0.1) is 11.8 Å². The van der Waals surface area contributed by atoms with Gasteiger partial charge in [0.1, 0.15) is 12.4 Å². The number of ether oxygens (including phenoxy) is 1. The van der Waals surface area contributed by atoms with Crippen LogP contribution in [0.15, 0.2) is 35.0 Å². The minimum Gasteiger partial charge on any atom is -0.466 e. The number of allylic oxidation sites excluding steroid dienone is 1. The number of carbonyl (C=O) groups excluding carboxylic acids is 1. The van der Waals surface area contributed by atoms with Gasteiger partial charge in [0.2, 0.25) is 0 Å². The Balaban J connectivity index is 1.81. The molecule has 1 aromatic rings. The number of hydrogen-bond donors (Lipinski definition) is 0. The standard InChI is InChI=1S/C12H14O3/c1-9-4-5-10(7-9)12(13)15-8-11-3-2-6-14-11/h2-6,9-10H,7-8H2,1H3/t9-,10+/m0/s1. The molecule has 1 aliphatic carbocycles. The van der Waals surface area contributed by atoms with Crippen molar-refractivity contribution in [3.63, 3.8) is 0 Å². The maximum absolute atomic E-state index is 11.6. The predicted molar refractivity (Wildman–Crippen MR) is 54.9 cm³/mol. The van der Waals surface area contributed by atoms with Gasteiger partial charge in [-0.05, 0) is 24.5 Å². The molecule has 1 heterocycles. The molecule has 2 rings (SSSR count). The van der Waals surface area contributed by atoms with Crippen LogP contribution in [0.3, 0.4) is 0 Å². The molecule has 0 radical (unpaired) electrons. The quantitative estimate of drug-likeness (QED) is 0.563. The van der Waals surface area contributed by atoms with Crippen LogP contribution in [-0.4, -0.2) is 5.97 Å². The van der Waals surface area contributed by atoms with Crippen LogP contribution in [0.25, 0.3) is 0 Å². The third-order valence-corrected chi connectivity index (χ3v) is 2.54. The second-order valence-electron chi connectivity index (χ2n) is 3.89. The fourth-order valence-corrected chi connectivity index (χ4v) is 1.70. The Morgan fingerprint density at radius 2 is 2.47 bits per heavy atom. The Kier molecular flexibility index (Phi) is 2.90. The van der Waals surface area contributed by atoms with Crippen molar-refractivity contribution in [2.45, 2.75) is 20.0 Å². The zero-order valence-corrected chi connectivity index (χ0v) is 8.68. The topological polar surface area (TPSA) is 39.4 Å². The van der Waals surface area contributed by atoms with Gasteiger partial charge in [0.05, 0.1) is 12.2 Å². The number of rotatable bonds is 3. The molecule has 0 saturated heterocycles. The van der Waals surface area contributed by atoms with Gasteiger partial charge < -0.3 is 9.15 Å². The lowest BCUT2D eigenvalue weighted by Crippen LogP contribution is -2.14. The molecule has 0 N–H and O–H groups in total. The molecule has 1 aromatic heterocycles. The third kappa shape index (κ3) is 2.49. The van der Waals surface area contributed by atoms with Gasteiger partial charge in [-0.15, -0.1) is 0 Å². The fourth-order valence-electron chi connectivity index (χ4n) is 1.70. The van der Waals surface area contributed by atoms with Crippen molar-refractivity contribution in [1.82, 2.24) is 0 Å². The molecule has 3 heteroatoms. The largest absolute Gasteiger partial charge is 0.466 e. The lowest BCUT2D eigenvalue weighted by atomic mass is 10.1. The second-order valence-corrected chi connectivity index (χ2v) is 3.89. The maximum atomic E-state index is 11.6. The van der Waals surface area contributed by atoms with Crippen LogP contribution in [0.2, 0.25) is 0 Å². The van der Waals surface area contributed by atoms with E-state index >= 15 is 0 Å². The Hall–Kier alpha value is -1.51. The SMILES string of the molecule is C[C@H]1C=C[C@@H](C(=O)OCc2ccco2)C1. The smallest absolute Gasteiger partial charge is 0.313 e. The molecule has 0 saturated carbocycles. The van der Waals surface area contributed by atoms with Crippen LogP contribution in [-0.2, 0) is 16.1 Å². The Labute approximate surface area is 88.7 Å². The molecule has 0 amide bonds. The van der Waals surface area contributed by atoms with E-state index in [0.29, 0.717) is 11.7 Å². The summed E-state index contributed by atoms with van der Waals surface area (Å²) < 4.78 is 10.2. The average molecular weight is 206 g/mol. The molecule has 3 nitrogen and oxygen atoms in total. The minimum absolute atomic E-state index is 0.0741. The molecule has 0 unspecified atom stereocenters. The van der Waals surface area contributed by atoms with E-state index in [1.807, 2.05) is 6.08 Å². The van der Waals surface area contributed by atoms with Gasteiger partial charge in [-0.3, -0.25) is 4.79 Å². The van der Waals surface area contributed by atoms with Crippen LogP contribution in [0.5, 0.6) is 0 Å². The molecule has 15 heavy (non-hydrogen) atoms. The highest BCUT2D eigenvalue weighted by Gasteiger charge is 2.23. The Morgan fingerprint density at radius 1 is 1.60 bits per heavy atom. The van der Waals surface area contributed by atoms with Crippen molar-refractivity contribution in [2.24, 2.45) is 11.8 Å². The lowest BCUT2D eigenvalue weighted by molar-refractivity contribution is -0.148. The van der Waals surface area contributed by atoms with E-state index in [0.717, 1.165) is 6.42 Å². The van der Waals surface area contributed by atoms with Gasteiger partial charge in [-0.1, -0.05) is 19.1 Å². The fraction of sp³-hybridized carbons (Fsp3) is 0.417. The monoisotopic (exact) mass is 206 g/mol. The van der Waals surface area contributed by atoms with Crippen molar-refractivity contribution in [1.29, 1.82) is 0 Å². The lowest BCUT2D eigenvalue weighted by Gasteiger charge is -2.08. The second kappa shape index (κ2) is 4.34. The first-order chi connectivity index (χ1) is 7.25. The van der Waals surface area contributed by atoms with Gasteiger partial charge >= 0.3 is 5.97 Å². The van der Waals surface area contributed by atoms with Gasteiger partial charge in [0.15, 0.2) is 0 Å². The minimum atomic E-state index is -0.160. The first-order valence-electron chi connectivity index (χ1n) is 5.13. The molecule has 0 bridgehead atoms. The van der Waals surface area contributed by atoms with Crippen molar-refractivity contribution < 1.29 is 13.9 Å².